The zero-order valence-corrected chi connectivity index (χ0v) is 12.7. The van der Waals surface area contributed by atoms with E-state index in [0.29, 0.717) is 11.0 Å². The van der Waals surface area contributed by atoms with Crippen molar-refractivity contribution in [1.82, 2.24) is 19.7 Å². The Labute approximate surface area is 126 Å². The molecule has 0 saturated carbocycles. The first-order valence-corrected chi connectivity index (χ1v) is 7.48. The van der Waals surface area contributed by atoms with E-state index in [1.54, 1.807) is 28.3 Å². The van der Waals surface area contributed by atoms with Crippen molar-refractivity contribution in [2.24, 2.45) is 7.05 Å². The first kappa shape index (κ1) is 13.3. The van der Waals surface area contributed by atoms with E-state index in [-0.39, 0.29) is 0 Å². The highest BCUT2D eigenvalue weighted by Crippen LogP contribution is 2.29. The molecule has 0 aliphatic rings. The predicted octanol–water partition coefficient (Wildman–Crippen LogP) is 3.82. The van der Waals surface area contributed by atoms with E-state index in [2.05, 4.69) is 28.1 Å². The van der Waals surface area contributed by atoms with Crippen molar-refractivity contribution in [1.29, 1.82) is 0 Å². The van der Waals surface area contributed by atoms with Crippen LogP contribution in [0.5, 0.6) is 0 Å². The Bertz CT molecular complexity index is 747. The van der Waals surface area contributed by atoms with Crippen LogP contribution >= 0.6 is 22.9 Å². The molecule has 0 fully saturated rings. The molecule has 0 N–H and O–H groups in total. The highest BCUT2D eigenvalue weighted by molar-refractivity contribution is 7.15. The molecule has 0 aliphatic carbocycles. The van der Waals surface area contributed by atoms with Gasteiger partial charge in [-0.05, 0) is 18.6 Å². The van der Waals surface area contributed by atoms with Gasteiger partial charge in [0, 0.05) is 29.8 Å². The molecule has 0 aromatic carbocycles. The summed E-state index contributed by atoms with van der Waals surface area (Å²) in [5.41, 5.74) is 1.73. The molecule has 3 heterocycles. The van der Waals surface area contributed by atoms with Crippen LogP contribution in [0.2, 0.25) is 5.15 Å². The molecule has 0 atom stereocenters. The third kappa shape index (κ3) is 2.59. The second-order valence-electron chi connectivity index (χ2n) is 4.42. The SMILES string of the molecule is CCc1ccc(-c2nc(Cl)cc(-c3cnn(C)c3)n2)s1. The molecule has 0 unspecified atom stereocenters. The van der Waals surface area contributed by atoms with Gasteiger partial charge in [0.1, 0.15) is 5.15 Å². The summed E-state index contributed by atoms with van der Waals surface area (Å²) in [6.45, 7) is 2.13. The summed E-state index contributed by atoms with van der Waals surface area (Å²) < 4.78 is 1.74. The van der Waals surface area contributed by atoms with Crippen molar-refractivity contribution < 1.29 is 0 Å². The summed E-state index contributed by atoms with van der Waals surface area (Å²) in [5, 5.41) is 4.60. The summed E-state index contributed by atoms with van der Waals surface area (Å²) in [7, 11) is 1.88. The molecule has 4 nitrogen and oxygen atoms in total. The molecule has 20 heavy (non-hydrogen) atoms. The third-order valence-corrected chi connectivity index (χ3v) is 4.35. The number of aryl methyl sites for hydroxylation is 2. The van der Waals surface area contributed by atoms with Gasteiger partial charge in [0.15, 0.2) is 5.82 Å². The van der Waals surface area contributed by atoms with Gasteiger partial charge in [-0.1, -0.05) is 18.5 Å². The molecule has 0 saturated heterocycles. The summed E-state index contributed by atoms with van der Waals surface area (Å²) in [6.07, 6.45) is 4.70. The number of aromatic nitrogens is 4. The first-order valence-electron chi connectivity index (χ1n) is 6.28. The van der Waals surface area contributed by atoms with Crippen molar-refractivity contribution in [2.75, 3.05) is 0 Å². The fourth-order valence-corrected chi connectivity index (χ4v) is 2.98. The third-order valence-electron chi connectivity index (χ3n) is 2.93. The van der Waals surface area contributed by atoms with Crippen molar-refractivity contribution in [3.63, 3.8) is 0 Å². The molecule has 0 radical (unpaired) electrons. The highest BCUT2D eigenvalue weighted by Gasteiger charge is 2.10. The van der Waals surface area contributed by atoms with Crippen LogP contribution in [-0.2, 0) is 13.5 Å². The van der Waals surface area contributed by atoms with Gasteiger partial charge in [0.05, 0.1) is 16.8 Å². The number of rotatable bonds is 3. The van der Waals surface area contributed by atoms with Gasteiger partial charge in [-0.25, -0.2) is 9.97 Å². The summed E-state index contributed by atoms with van der Waals surface area (Å²) in [4.78, 5) is 11.3. The zero-order valence-electron chi connectivity index (χ0n) is 11.2. The van der Waals surface area contributed by atoms with Gasteiger partial charge >= 0.3 is 0 Å². The number of hydrogen-bond donors (Lipinski definition) is 0. The van der Waals surface area contributed by atoms with Crippen LogP contribution in [0.1, 0.15) is 11.8 Å². The maximum Gasteiger partial charge on any atom is 0.171 e. The van der Waals surface area contributed by atoms with Gasteiger partial charge < -0.3 is 0 Å². The minimum Gasteiger partial charge on any atom is -0.275 e. The van der Waals surface area contributed by atoms with Gasteiger partial charge in [0.2, 0.25) is 0 Å². The first-order chi connectivity index (χ1) is 9.65. The standard InChI is InChI=1S/C14H13ClN4S/c1-3-10-4-5-12(20-10)14-17-11(6-13(15)18-14)9-7-16-19(2)8-9/h4-8H,3H2,1-2H3. The van der Waals surface area contributed by atoms with Crippen LogP contribution in [0.15, 0.2) is 30.6 Å². The molecule has 6 heteroatoms. The molecule has 0 spiro atoms. The fraction of sp³-hybridized carbons (Fsp3) is 0.214. The number of thiophene rings is 1. The van der Waals surface area contributed by atoms with Crippen molar-refractivity contribution in [3.8, 4) is 22.0 Å². The quantitative estimate of drug-likeness (QED) is 0.691. The summed E-state index contributed by atoms with van der Waals surface area (Å²) in [5.74, 6) is 0.668. The lowest BCUT2D eigenvalue weighted by Crippen LogP contribution is -1.91. The Kier molecular flexibility index (Phi) is 3.54. The van der Waals surface area contributed by atoms with Crippen molar-refractivity contribution in [2.45, 2.75) is 13.3 Å². The Hall–Kier alpha value is -1.72. The van der Waals surface area contributed by atoms with Crippen molar-refractivity contribution in [3.05, 3.63) is 40.6 Å². The number of nitrogens with zero attached hydrogens (tertiary/aromatic N) is 4. The van der Waals surface area contributed by atoms with Gasteiger partial charge in [-0.15, -0.1) is 11.3 Å². The second kappa shape index (κ2) is 5.34. The fourth-order valence-electron chi connectivity index (χ4n) is 1.92. The number of hydrogen-bond acceptors (Lipinski definition) is 4. The number of halogens is 1. The van der Waals surface area contributed by atoms with Crippen molar-refractivity contribution >= 4 is 22.9 Å². The molecule has 102 valence electrons. The molecule has 3 rings (SSSR count). The summed E-state index contributed by atoms with van der Waals surface area (Å²) in [6, 6.07) is 5.91. The predicted molar refractivity (Wildman–Crippen MR) is 81.9 cm³/mol. The Morgan fingerprint density at radius 1 is 1.30 bits per heavy atom. The Morgan fingerprint density at radius 3 is 2.80 bits per heavy atom. The van der Waals surface area contributed by atoms with Crippen LogP contribution in [0, 0.1) is 0 Å². The molecule has 0 amide bonds. The maximum absolute atomic E-state index is 6.12. The second-order valence-corrected chi connectivity index (χ2v) is 5.98. The highest BCUT2D eigenvalue weighted by atomic mass is 35.5. The van der Waals surface area contributed by atoms with Crippen LogP contribution < -0.4 is 0 Å². The lowest BCUT2D eigenvalue weighted by atomic mass is 10.2. The smallest absolute Gasteiger partial charge is 0.171 e. The molecule has 3 aromatic heterocycles. The van der Waals surface area contributed by atoms with E-state index in [1.807, 2.05) is 19.3 Å². The molecular weight excluding hydrogens is 292 g/mol. The normalized spacial score (nSPS) is 10.9. The zero-order chi connectivity index (χ0) is 14.1. The molecule has 0 bridgehead atoms. The van der Waals surface area contributed by atoms with Crippen LogP contribution in [0.3, 0.4) is 0 Å². The topological polar surface area (TPSA) is 43.6 Å². The summed E-state index contributed by atoms with van der Waals surface area (Å²) >= 11 is 7.82. The van der Waals surface area contributed by atoms with E-state index in [4.69, 9.17) is 11.6 Å². The van der Waals surface area contributed by atoms with E-state index in [9.17, 15) is 0 Å². The largest absolute Gasteiger partial charge is 0.275 e. The minimum absolute atomic E-state index is 0.445. The van der Waals surface area contributed by atoms with Crippen LogP contribution in [-0.4, -0.2) is 19.7 Å². The van der Waals surface area contributed by atoms with Gasteiger partial charge in [-0.3, -0.25) is 4.68 Å². The average Bonchev–Trinajstić information content (AvgIpc) is 3.06. The average molecular weight is 305 g/mol. The lowest BCUT2D eigenvalue weighted by molar-refractivity contribution is 0.768. The lowest BCUT2D eigenvalue weighted by Gasteiger charge is -2.01. The molecular formula is C14H13ClN4S. The molecule has 3 aromatic rings. The van der Waals surface area contributed by atoms with Crippen LogP contribution in [0.4, 0.5) is 0 Å². The van der Waals surface area contributed by atoms with Crippen LogP contribution in [0.25, 0.3) is 22.0 Å². The molecule has 0 aliphatic heterocycles. The minimum atomic E-state index is 0.445. The monoisotopic (exact) mass is 304 g/mol. The van der Waals surface area contributed by atoms with E-state index in [1.165, 1.54) is 4.88 Å². The van der Waals surface area contributed by atoms with E-state index < -0.39 is 0 Å². The maximum atomic E-state index is 6.12. The van der Waals surface area contributed by atoms with Gasteiger partial charge in [0.25, 0.3) is 0 Å². The van der Waals surface area contributed by atoms with E-state index in [0.717, 1.165) is 22.6 Å². The Balaban J connectivity index is 2.06. The Morgan fingerprint density at radius 2 is 2.15 bits per heavy atom. The van der Waals surface area contributed by atoms with E-state index >= 15 is 0 Å². The van der Waals surface area contributed by atoms with Gasteiger partial charge in [-0.2, -0.15) is 5.10 Å².